The van der Waals surface area contributed by atoms with Gasteiger partial charge in [-0.05, 0) is 50.0 Å². The summed E-state index contributed by atoms with van der Waals surface area (Å²) in [6.07, 6.45) is -3.37. The third-order valence-corrected chi connectivity index (χ3v) is 4.09. The van der Waals surface area contributed by atoms with Crippen molar-refractivity contribution in [2.45, 2.75) is 44.5 Å². The van der Waals surface area contributed by atoms with E-state index in [0.29, 0.717) is 24.9 Å². The Bertz CT molecular complexity index is 734. The van der Waals surface area contributed by atoms with Gasteiger partial charge in [0.2, 0.25) is 5.91 Å². The van der Waals surface area contributed by atoms with Gasteiger partial charge in [0.05, 0.1) is 5.56 Å². The molecule has 1 atom stereocenters. The van der Waals surface area contributed by atoms with Crippen molar-refractivity contribution in [2.24, 2.45) is 0 Å². The van der Waals surface area contributed by atoms with Crippen LogP contribution >= 0.6 is 0 Å². The van der Waals surface area contributed by atoms with E-state index < -0.39 is 29.3 Å². The number of aliphatic carboxylic acids is 1. The molecule has 0 spiro atoms. The van der Waals surface area contributed by atoms with E-state index in [2.05, 4.69) is 17.2 Å². The third-order valence-electron chi connectivity index (χ3n) is 4.09. The van der Waals surface area contributed by atoms with Crippen molar-refractivity contribution in [3.63, 3.8) is 0 Å². The molecule has 0 radical (unpaired) electrons. The molecule has 0 saturated carbocycles. The average molecular weight is 416 g/mol. The number of hydrogen-bond donors (Lipinski definition) is 3. The van der Waals surface area contributed by atoms with Crippen molar-refractivity contribution < 1.29 is 37.4 Å². The highest BCUT2D eigenvalue weighted by molar-refractivity contribution is 5.86. The second kappa shape index (κ2) is 10.5. The highest BCUT2D eigenvalue weighted by atomic mass is 19.4. The monoisotopic (exact) mass is 416 g/mol. The molecule has 160 valence electrons. The van der Waals surface area contributed by atoms with Gasteiger partial charge in [-0.3, -0.25) is 4.79 Å². The molecular formula is C19H23F3N2O5. The Balaban J connectivity index is 2.51. The summed E-state index contributed by atoms with van der Waals surface area (Å²) in [7, 11) is 0. The van der Waals surface area contributed by atoms with Gasteiger partial charge in [-0.15, -0.1) is 0 Å². The summed E-state index contributed by atoms with van der Waals surface area (Å²) in [6.45, 7) is 4.64. The zero-order valence-electron chi connectivity index (χ0n) is 15.8. The summed E-state index contributed by atoms with van der Waals surface area (Å²) in [5, 5.41) is 14.2. The number of alkyl halides is 3. The number of nitrogens with one attached hydrogen (secondary N) is 2. The number of carboxylic acid groups (broad SMARTS) is 1. The van der Waals surface area contributed by atoms with Crippen LogP contribution in [0.25, 0.3) is 0 Å². The number of carboxylic acids is 1. The first-order valence-corrected chi connectivity index (χ1v) is 8.72. The molecule has 0 fully saturated rings. The van der Waals surface area contributed by atoms with Crippen LogP contribution < -0.4 is 10.6 Å². The van der Waals surface area contributed by atoms with Gasteiger partial charge in [0.15, 0.2) is 0 Å². The van der Waals surface area contributed by atoms with E-state index in [1.165, 1.54) is 19.1 Å². The van der Waals surface area contributed by atoms with Crippen molar-refractivity contribution >= 4 is 18.0 Å². The van der Waals surface area contributed by atoms with Crippen LogP contribution in [0.1, 0.15) is 37.3 Å². The molecular weight excluding hydrogens is 393 g/mol. The average Bonchev–Trinajstić information content (AvgIpc) is 2.65. The number of unbranched alkanes of at least 4 members (excludes halogenated alkanes) is 1. The van der Waals surface area contributed by atoms with E-state index in [9.17, 15) is 32.7 Å². The molecule has 29 heavy (non-hydrogen) atoms. The summed E-state index contributed by atoms with van der Waals surface area (Å²) in [5.74, 6) is -1.60. The highest BCUT2D eigenvalue weighted by Gasteiger charge is 2.35. The van der Waals surface area contributed by atoms with E-state index in [1.807, 2.05) is 0 Å². The van der Waals surface area contributed by atoms with Crippen LogP contribution in [0.2, 0.25) is 0 Å². The fraction of sp³-hybridized carbons (Fsp3) is 0.421. The fourth-order valence-electron chi connectivity index (χ4n) is 2.31. The summed E-state index contributed by atoms with van der Waals surface area (Å²) in [5.41, 5.74) is -2.10. The highest BCUT2D eigenvalue weighted by Crippen LogP contribution is 2.29. The smallest absolute Gasteiger partial charge is 0.416 e. The van der Waals surface area contributed by atoms with Gasteiger partial charge in [0, 0.05) is 6.54 Å². The lowest BCUT2D eigenvalue weighted by molar-refractivity contribution is -0.144. The molecule has 0 heterocycles. The first-order valence-electron chi connectivity index (χ1n) is 8.72. The maximum absolute atomic E-state index is 12.5. The Morgan fingerprint density at radius 2 is 1.79 bits per heavy atom. The van der Waals surface area contributed by atoms with Crippen molar-refractivity contribution in [3.05, 3.63) is 48.0 Å². The Morgan fingerprint density at radius 1 is 1.17 bits per heavy atom. The van der Waals surface area contributed by atoms with Crippen molar-refractivity contribution in [3.8, 4) is 0 Å². The number of hydrogen-bond acceptors (Lipinski definition) is 4. The molecule has 1 rings (SSSR count). The van der Waals surface area contributed by atoms with Gasteiger partial charge in [-0.2, -0.15) is 13.2 Å². The zero-order chi connectivity index (χ0) is 22.1. The Labute approximate surface area is 165 Å². The molecule has 0 aromatic heterocycles. The minimum Gasteiger partial charge on any atom is -0.480 e. The van der Waals surface area contributed by atoms with Gasteiger partial charge >= 0.3 is 18.2 Å². The predicted octanol–water partition coefficient (Wildman–Crippen LogP) is 3.25. The number of benzene rings is 1. The first-order chi connectivity index (χ1) is 13.5. The lowest BCUT2D eigenvalue weighted by atomic mass is 9.95. The Hall–Kier alpha value is -3.04. The molecule has 2 amide bonds. The molecule has 0 aliphatic heterocycles. The molecule has 1 aromatic rings. The number of carbonyl (C=O) groups excluding carboxylic acids is 2. The van der Waals surface area contributed by atoms with Crippen LogP contribution in [-0.2, 0) is 27.1 Å². The van der Waals surface area contributed by atoms with E-state index >= 15 is 0 Å². The molecule has 0 aliphatic rings. The molecule has 0 saturated heterocycles. The SMILES string of the molecule is C=CC(=O)NCCCC[C@](C)(NC(=O)OCc1ccc(C(F)(F)F)cc1)C(=O)O. The second-order valence-corrected chi connectivity index (χ2v) is 6.49. The van der Waals surface area contributed by atoms with Crippen LogP contribution in [0.15, 0.2) is 36.9 Å². The van der Waals surface area contributed by atoms with Gasteiger partial charge in [-0.1, -0.05) is 18.7 Å². The largest absolute Gasteiger partial charge is 0.480 e. The molecule has 1 aromatic carbocycles. The van der Waals surface area contributed by atoms with E-state index in [4.69, 9.17) is 4.74 Å². The van der Waals surface area contributed by atoms with Crippen LogP contribution in [0.3, 0.4) is 0 Å². The normalized spacial score (nSPS) is 13.1. The molecule has 10 heteroatoms. The summed E-state index contributed by atoms with van der Waals surface area (Å²) >= 11 is 0. The number of rotatable bonds is 10. The van der Waals surface area contributed by atoms with Gasteiger partial charge in [0.25, 0.3) is 0 Å². The van der Waals surface area contributed by atoms with Crippen molar-refractivity contribution in [1.82, 2.24) is 10.6 Å². The standard InChI is InChI=1S/C19H23F3N2O5/c1-3-15(25)23-11-5-4-10-18(2,16(26)27)24-17(28)29-12-13-6-8-14(9-7-13)19(20,21)22/h3,6-9H,1,4-5,10-12H2,2H3,(H,23,25)(H,24,28)(H,26,27)/t18-/m0/s1. The molecule has 0 unspecified atom stereocenters. The molecule has 0 bridgehead atoms. The predicted molar refractivity (Wildman–Crippen MR) is 97.9 cm³/mol. The van der Waals surface area contributed by atoms with E-state index in [-0.39, 0.29) is 18.9 Å². The van der Waals surface area contributed by atoms with Crippen LogP contribution in [-0.4, -0.2) is 35.2 Å². The Kier molecular flexibility index (Phi) is 8.68. The molecule has 0 aliphatic carbocycles. The second-order valence-electron chi connectivity index (χ2n) is 6.49. The summed E-state index contributed by atoms with van der Waals surface area (Å²) in [6, 6.07) is 4.07. The van der Waals surface area contributed by atoms with Crippen LogP contribution in [0, 0.1) is 0 Å². The van der Waals surface area contributed by atoms with Crippen molar-refractivity contribution in [1.29, 1.82) is 0 Å². The number of halogens is 3. The Morgan fingerprint density at radius 3 is 2.31 bits per heavy atom. The first kappa shape index (κ1) is 24.0. The summed E-state index contributed by atoms with van der Waals surface area (Å²) in [4.78, 5) is 34.5. The maximum Gasteiger partial charge on any atom is 0.416 e. The quantitative estimate of drug-likeness (QED) is 0.401. The van der Waals surface area contributed by atoms with Crippen LogP contribution in [0.4, 0.5) is 18.0 Å². The molecule has 7 nitrogen and oxygen atoms in total. The lowest BCUT2D eigenvalue weighted by Crippen LogP contribution is -2.52. The van der Waals surface area contributed by atoms with Gasteiger partial charge < -0.3 is 20.5 Å². The number of amides is 2. The van der Waals surface area contributed by atoms with E-state index in [1.54, 1.807) is 0 Å². The van der Waals surface area contributed by atoms with Gasteiger partial charge in [0.1, 0.15) is 12.1 Å². The van der Waals surface area contributed by atoms with Crippen LogP contribution in [0.5, 0.6) is 0 Å². The van der Waals surface area contributed by atoms with Gasteiger partial charge in [-0.25, -0.2) is 9.59 Å². The minimum absolute atomic E-state index is 0.0850. The lowest BCUT2D eigenvalue weighted by Gasteiger charge is -2.25. The summed E-state index contributed by atoms with van der Waals surface area (Å²) < 4.78 is 42.5. The minimum atomic E-state index is -4.46. The maximum atomic E-state index is 12.5. The number of ether oxygens (including phenoxy) is 1. The number of alkyl carbamates (subject to hydrolysis) is 1. The zero-order valence-corrected chi connectivity index (χ0v) is 15.8. The fourth-order valence-corrected chi connectivity index (χ4v) is 2.31. The topological polar surface area (TPSA) is 105 Å². The number of carbonyl (C=O) groups is 3. The van der Waals surface area contributed by atoms with E-state index in [0.717, 1.165) is 18.2 Å². The third kappa shape index (κ3) is 8.24. The molecule has 3 N–H and O–H groups in total. The van der Waals surface area contributed by atoms with Crippen molar-refractivity contribution in [2.75, 3.05) is 6.54 Å².